The maximum atomic E-state index is 11.2. The fourth-order valence-electron chi connectivity index (χ4n) is 1.90. The molecule has 0 rings (SSSR count). The van der Waals surface area contributed by atoms with Gasteiger partial charge in [-0.3, -0.25) is 14.4 Å². The first kappa shape index (κ1) is 18.4. The Labute approximate surface area is 119 Å². The van der Waals surface area contributed by atoms with E-state index in [4.69, 9.17) is 14.2 Å². The zero-order valence-corrected chi connectivity index (χ0v) is 12.8. The van der Waals surface area contributed by atoms with Gasteiger partial charge in [-0.2, -0.15) is 0 Å². The van der Waals surface area contributed by atoms with E-state index in [1.54, 1.807) is 6.92 Å². The summed E-state index contributed by atoms with van der Waals surface area (Å²) < 4.78 is 15.4. The molecule has 0 aliphatic carbocycles. The van der Waals surface area contributed by atoms with Gasteiger partial charge in [-0.1, -0.05) is 13.3 Å². The van der Waals surface area contributed by atoms with Crippen LogP contribution in [-0.2, 0) is 28.6 Å². The molecule has 0 fully saturated rings. The molecule has 0 radical (unpaired) electrons. The molecule has 0 heterocycles. The summed E-state index contributed by atoms with van der Waals surface area (Å²) in [6.45, 7) is 7.44. The first-order valence-corrected chi connectivity index (χ1v) is 6.79. The molecule has 6 heteroatoms. The number of esters is 3. The lowest BCUT2D eigenvalue weighted by Crippen LogP contribution is -2.43. The summed E-state index contributed by atoms with van der Waals surface area (Å²) in [4.78, 5) is 33.4. The second-order valence-electron chi connectivity index (χ2n) is 4.68. The molecular weight excluding hydrogens is 264 g/mol. The number of carbonyl (C=O) groups is 3. The Morgan fingerprint density at radius 2 is 1.40 bits per heavy atom. The molecule has 0 N–H and O–H groups in total. The minimum atomic E-state index is -0.799. The third-order valence-electron chi connectivity index (χ3n) is 2.64. The highest BCUT2D eigenvalue weighted by molar-refractivity contribution is 5.68. The smallest absolute Gasteiger partial charge is 0.303 e. The van der Waals surface area contributed by atoms with Crippen LogP contribution in [0.25, 0.3) is 0 Å². The van der Waals surface area contributed by atoms with E-state index in [9.17, 15) is 14.4 Å². The monoisotopic (exact) mass is 288 g/mol. The van der Waals surface area contributed by atoms with Gasteiger partial charge in [0, 0.05) is 20.8 Å². The zero-order valence-electron chi connectivity index (χ0n) is 12.8. The van der Waals surface area contributed by atoms with E-state index in [-0.39, 0.29) is 0 Å². The van der Waals surface area contributed by atoms with Gasteiger partial charge in [0.25, 0.3) is 0 Å². The Hall–Kier alpha value is -1.59. The minimum absolute atomic E-state index is 0.460. The lowest BCUT2D eigenvalue weighted by molar-refractivity contribution is -0.181. The minimum Gasteiger partial charge on any atom is -0.459 e. The summed E-state index contributed by atoms with van der Waals surface area (Å²) in [5.41, 5.74) is 0. The van der Waals surface area contributed by atoms with Crippen LogP contribution in [-0.4, -0.2) is 36.2 Å². The van der Waals surface area contributed by atoms with Crippen LogP contribution < -0.4 is 0 Å². The average molecular weight is 288 g/mol. The summed E-state index contributed by atoms with van der Waals surface area (Å²) in [5, 5.41) is 0. The van der Waals surface area contributed by atoms with Crippen molar-refractivity contribution in [1.29, 1.82) is 0 Å². The van der Waals surface area contributed by atoms with Gasteiger partial charge in [0.05, 0.1) is 0 Å². The number of unbranched alkanes of at least 4 members (excludes halogenated alkanes) is 1. The molecular formula is C14H24O6. The van der Waals surface area contributed by atoms with Crippen molar-refractivity contribution in [2.45, 2.75) is 72.2 Å². The standard InChI is InChI=1S/C14H24O6/c1-6-7-8-13(19-11(4)16)14(20-12(5)17)9(2)18-10(3)15/h9,13-14H,6-8H2,1-5H3. The number of ether oxygens (including phenoxy) is 3. The molecule has 0 bridgehead atoms. The summed E-state index contributed by atoms with van der Waals surface area (Å²) >= 11 is 0. The second-order valence-corrected chi connectivity index (χ2v) is 4.68. The van der Waals surface area contributed by atoms with Crippen LogP contribution in [0.1, 0.15) is 53.9 Å². The molecule has 0 saturated carbocycles. The van der Waals surface area contributed by atoms with E-state index >= 15 is 0 Å². The number of hydrogen-bond acceptors (Lipinski definition) is 6. The topological polar surface area (TPSA) is 78.9 Å². The molecule has 0 aromatic heterocycles. The quantitative estimate of drug-likeness (QED) is 0.502. The molecule has 0 aromatic carbocycles. The van der Waals surface area contributed by atoms with Crippen LogP contribution in [0.4, 0.5) is 0 Å². The SMILES string of the molecule is CCCCC(OC(C)=O)C(OC(C)=O)C(C)OC(C)=O. The largest absolute Gasteiger partial charge is 0.459 e. The van der Waals surface area contributed by atoms with Crippen LogP contribution in [0.15, 0.2) is 0 Å². The maximum absolute atomic E-state index is 11.2. The van der Waals surface area contributed by atoms with Gasteiger partial charge in [-0.15, -0.1) is 0 Å². The molecule has 0 saturated heterocycles. The highest BCUT2D eigenvalue weighted by atomic mass is 16.6. The highest BCUT2D eigenvalue weighted by Gasteiger charge is 2.33. The van der Waals surface area contributed by atoms with Crippen molar-refractivity contribution in [1.82, 2.24) is 0 Å². The molecule has 116 valence electrons. The van der Waals surface area contributed by atoms with Crippen LogP contribution in [0.5, 0.6) is 0 Å². The number of rotatable bonds is 8. The molecule has 20 heavy (non-hydrogen) atoms. The van der Waals surface area contributed by atoms with Gasteiger partial charge in [-0.05, 0) is 19.8 Å². The maximum Gasteiger partial charge on any atom is 0.303 e. The lowest BCUT2D eigenvalue weighted by Gasteiger charge is -2.30. The van der Waals surface area contributed by atoms with Gasteiger partial charge < -0.3 is 14.2 Å². The number of hydrogen-bond donors (Lipinski definition) is 0. The molecule has 6 nitrogen and oxygen atoms in total. The highest BCUT2D eigenvalue weighted by Crippen LogP contribution is 2.18. The van der Waals surface area contributed by atoms with Crippen LogP contribution >= 0.6 is 0 Å². The summed E-state index contributed by atoms with van der Waals surface area (Å²) in [6.07, 6.45) is 0.157. The van der Waals surface area contributed by atoms with Gasteiger partial charge >= 0.3 is 17.9 Å². The van der Waals surface area contributed by atoms with E-state index in [0.717, 1.165) is 12.8 Å². The normalized spacial score (nSPS) is 14.8. The molecule has 0 aromatic rings. The summed E-state index contributed by atoms with van der Waals surface area (Å²) in [6, 6.07) is 0. The Balaban J connectivity index is 5.00. The fraction of sp³-hybridized carbons (Fsp3) is 0.786. The summed E-state index contributed by atoms with van der Waals surface area (Å²) in [5.74, 6) is -1.45. The predicted octanol–water partition coefficient (Wildman–Crippen LogP) is 1.99. The van der Waals surface area contributed by atoms with Crippen molar-refractivity contribution < 1.29 is 28.6 Å². The van der Waals surface area contributed by atoms with Gasteiger partial charge in [0.15, 0.2) is 6.10 Å². The third kappa shape index (κ3) is 7.76. The van der Waals surface area contributed by atoms with Crippen LogP contribution in [0, 0.1) is 0 Å². The van der Waals surface area contributed by atoms with Crippen molar-refractivity contribution >= 4 is 17.9 Å². The van der Waals surface area contributed by atoms with Crippen molar-refractivity contribution in [3.8, 4) is 0 Å². The Morgan fingerprint density at radius 3 is 1.80 bits per heavy atom. The van der Waals surface area contributed by atoms with E-state index < -0.39 is 36.2 Å². The fourth-order valence-corrected chi connectivity index (χ4v) is 1.90. The first-order valence-electron chi connectivity index (χ1n) is 6.79. The molecule has 0 aliphatic rings. The molecule has 0 aliphatic heterocycles. The molecule has 3 unspecified atom stereocenters. The molecule has 0 spiro atoms. The van der Waals surface area contributed by atoms with Gasteiger partial charge in [0.2, 0.25) is 0 Å². The zero-order chi connectivity index (χ0) is 15.7. The molecule has 0 amide bonds. The van der Waals surface area contributed by atoms with Crippen LogP contribution in [0.2, 0.25) is 0 Å². The van der Waals surface area contributed by atoms with E-state index in [0.29, 0.717) is 6.42 Å². The van der Waals surface area contributed by atoms with Crippen molar-refractivity contribution in [3.63, 3.8) is 0 Å². The first-order chi connectivity index (χ1) is 9.27. The van der Waals surface area contributed by atoms with E-state index in [2.05, 4.69) is 0 Å². The number of carbonyl (C=O) groups excluding carboxylic acids is 3. The second kappa shape index (κ2) is 9.34. The lowest BCUT2D eigenvalue weighted by atomic mass is 10.0. The van der Waals surface area contributed by atoms with Gasteiger partial charge in [-0.25, -0.2) is 0 Å². The third-order valence-corrected chi connectivity index (χ3v) is 2.64. The van der Waals surface area contributed by atoms with Crippen molar-refractivity contribution in [2.24, 2.45) is 0 Å². The Bertz CT molecular complexity index is 339. The Kier molecular flexibility index (Phi) is 8.59. The predicted molar refractivity (Wildman–Crippen MR) is 71.9 cm³/mol. The average Bonchev–Trinajstić information content (AvgIpc) is 2.30. The van der Waals surface area contributed by atoms with Crippen LogP contribution in [0.3, 0.4) is 0 Å². The van der Waals surface area contributed by atoms with Crippen molar-refractivity contribution in [3.05, 3.63) is 0 Å². The molecule has 3 atom stereocenters. The summed E-state index contributed by atoms with van der Waals surface area (Å²) in [7, 11) is 0. The van der Waals surface area contributed by atoms with Gasteiger partial charge in [0.1, 0.15) is 12.2 Å². The van der Waals surface area contributed by atoms with Crippen molar-refractivity contribution in [2.75, 3.05) is 0 Å². The Morgan fingerprint density at radius 1 is 0.900 bits per heavy atom. The van der Waals surface area contributed by atoms with E-state index in [1.165, 1.54) is 20.8 Å². The van der Waals surface area contributed by atoms with E-state index in [1.807, 2.05) is 6.92 Å².